The summed E-state index contributed by atoms with van der Waals surface area (Å²) >= 11 is 0. The van der Waals surface area contributed by atoms with E-state index in [1.807, 2.05) is 0 Å². The topological polar surface area (TPSA) is 35.5 Å². The fraction of sp³-hybridized carbons (Fsp3) is 1.00. The van der Waals surface area contributed by atoms with Gasteiger partial charge in [-0.25, -0.2) is 22.4 Å². The maximum atomic E-state index is 12.4. The quantitative estimate of drug-likeness (QED) is 0.648. The third-order valence-electron chi connectivity index (χ3n) is 0.832. The largest absolute Gasteiger partial charge is 0.518 e. The van der Waals surface area contributed by atoms with Crippen LogP contribution in [-0.2, 0) is 13.6 Å². The van der Waals surface area contributed by atoms with Crippen molar-refractivity contribution >= 4 is 7.91 Å². The van der Waals surface area contributed by atoms with Gasteiger partial charge < -0.3 is 0 Å². The number of hydrogen-bond donors (Lipinski definition) is 0. The molecule has 0 aliphatic heterocycles. The van der Waals surface area contributed by atoms with Gasteiger partial charge in [0.05, 0.1) is 0 Å². The number of alkyl halides is 2. The molecule has 0 aromatic carbocycles. The van der Waals surface area contributed by atoms with E-state index in [9.17, 15) is 17.5 Å². The Morgan fingerprint density at radius 3 is 2.25 bits per heavy atom. The van der Waals surface area contributed by atoms with Gasteiger partial charge in [0.15, 0.2) is 0 Å². The molecule has 12 heavy (non-hydrogen) atoms. The van der Waals surface area contributed by atoms with E-state index in [0.29, 0.717) is 0 Å². The van der Waals surface area contributed by atoms with Gasteiger partial charge in [0.1, 0.15) is 0 Å². The van der Waals surface area contributed by atoms with Crippen molar-refractivity contribution in [1.29, 1.82) is 0 Å². The van der Waals surface area contributed by atoms with Gasteiger partial charge in [-0.3, -0.25) is 0 Å². The van der Waals surface area contributed by atoms with Crippen molar-refractivity contribution in [2.24, 2.45) is 0 Å². The third-order valence-corrected chi connectivity index (χ3v) is 1.86. The summed E-state index contributed by atoms with van der Waals surface area (Å²) < 4.78 is 54.2. The van der Waals surface area contributed by atoms with Crippen molar-refractivity contribution in [3.05, 3.63) is 0 Å². The van der Waals surface area contributed by atoms with Gasteiger partial charge in [-0.1, -0.05) is 6.92 Å². The van der Waals surface area contributed by atoms with Crippen LogP contribution in [0.5, 0.6) is 0 Å². The molecule has 0 heterocycles. The Morgan fingerprint density at radius 1 is 1.42 bits per heavy atom. The van der Waals surface area contributed by atoms with Crippen LogP contribution in [-0.4, -0.2) is 12.7 Å². The second-order valence-corrected chi connectivity index (χ2v) is 3.29. The summed E-state index contributed by atoms with van der Waals surface area (Å²) in [6, 6.07) is 0. The molecule has 0 aliphatic rings. The van der Waals surface area contributed by atoms with Crippen molar-refractivity contribution in [3.8, 4) is 0 Å². The highest BCUT2D eigenvalue weighted by Gasteiger charge is 2.30. The maximum absolute atomic E-state index is 12.4. The fourth-order valence-corrected chi connectivity index (χ4v) is 1.23. The van der Waals surface area contributed by atoms with Gasteiger partial charge in [-0.2, -0.15) is 0 Å². The Morgan fingerprint density at radius 2 is 1.92 bits per heavy atom. The lowest BCUT2D eigenvalue weighted by Gasteiger charge is -2.12. The zero-order valence-electron chi connectivity index (χ0n) is 6.67. The lowest BCUT2D eigenvalue weighted by molar-refractivity contribution is -0.00370. The van der Waals surface area contributed by atoms with E-state index in [1.54, 1.807) is 0 Å². The van der Waals surface area contributed by atoms with Crippen LogP contribution in [0.15, 0.2) is 0 Å². The lowest BCUT2D eigenvalue weighted by atomic mass is 10.5. The van der Waals surface area contributed by atoms with Gasteiger partial charge in [-0.05, 0) is 6.92 Å². The minimum atomic E-state index is -5.07. The zero-order valence-corrected chi connectivity index (χ0v) is 7.56. The molecule has 0 spiro atoms. The highest BCUT2D eigenvalue weighted by molar-refractivity contribution is 7.48. The van der Waals surface area contributed by atoms with Gasteiger partial charge in [0, 0.05) is 6.42 Å². The van der Waals surface area contributed by atoms with Crippen molar-refractivity contribution in [3.63, 3.8) is 0 Å². The molecule has 7 heteroatoms. The van der Waals surface area contributed by atoms with Crippen LogP contribution in [0.2, 0.25) is 0 Å². The van der Waals surface area contributed by atoms with Crippen LogP contribution in [0.3, 0.4) is 0 Å². The molecule has 0 fully saturated rings. The van der Waals surface area contributed by atoms with E-state index in [4.69, 9.17) is 0 Å². The average molecular weight is 206 g/mol. The van der Waals surface area contributed by atoms with E-state index in [2.05, 4.69) is 9.05 Å². The minimum Gasteiger partial charge on any atom is -0.248 e. The Balaban J connectivity index is 3.95. The van der Waals surface area contributed by atoms with Crippen LogP contribution < -0.4 is 0 Å². The minimum absolute atomic E-state index is 0.183. The Bertz CT molecular complexity index is 175. The summed E-state index contributed by atoms with van der Waals surface area (Å²) in [5.41, 5.74) is 0. The van der Waals surface area contributed by atoms with Gasteiger partial charge in [0.2, 0.25) is 12.7 Å². The van der Waals surface area contributed by atoms with E-state index in [0.717, 1.165) is 6.92 Å². The first kappa shape index (κ1) is 11.9. The summed E-state index contributed by atoms with van der Waals surface area (Å²) in [7, 11) is -5.07. The predicted molar refractivity (Wildman–Crippen MR) is 36.6 cm³/mol. The SMILES string of the molecule is CCC(F)OP(=O)(F)OC(C)F. The smallest absolute Gasteiger partial charge is 0.248 e. The standard InChI is InChI=1S/C5H10F3O3P/c1-3-5(7)11-12(8,9)10-4(2)6/h4-5H,3H2,1-2H3. The summed E-state index contributed by atoms with van der Waals surface area (Å²) in [5.74, 6) is 0. The highest BCUT2D eigenvalue weighted by Crippen LogP contribution is 2.52. The number of hydrogen-bond acceptors (Lipinski definition) is 3. The van der Waals surface area contributed by atoms with Crippen LogP contribution in [0.4, 0.5) is 13.0 Å². The molecule has 0 bridgehead atoms. The Labute approximate surface area is 68.5 Å². The molecular formula is C5H10F3O3P. The molecule has 0 radical (unpaired) electrons. The van der Waals surface area contributed by atoms with Crippen LogP contribution in [0.25, 0.3) is 0 Å². The van der Waals surface area contributed by atoms with E-state index in [-0.39, 0.29) is 6.42 Å². The van der Waals surface area contributed by atoms with Crippen LogP contribution in [0.1, 0.15) is 20.3 Å². The second kappa shape index (κ2) is 4.84. The molecule has 74 valence electrons. The number of halogens is 3. The number of rotatable bonds is 5. The van der Waals surface area contributed by atoms with Crippen molar-refractivity contribution in [1.82, 2.24) is 0 Å². The fourth-order valence-electron chi connectivity index (χ4n) is 0.409. The lowest BCUT2D eigenvalue weighted by Crippen LogP contribution is -2.05. The molecule has 3 unspecified atom stereocenters. The average Bonchev–Trinajstić information content (AvgIpc) is 1.83. The van der Waals surface area contributed by atoms with Gasteiger partial charge in [-0.15, -0.1) is 4.20 Å². The van der Waals surface area contributed by atoms with Crippen molar-refractivity contribution < 1.29 is 26.6 Å². The summed E-state index contributed by atoms with van der Waals surface area (Å²) in [6.45, 7) is 2.16. The predicted octanol–water partition coefficient (Wildman–Crippen LogP) is 3.12. The summed E-state index contributed by atoms with van der Waals surface area (Å²) in [4.78, 5) is 0. The molecule has 0 rings (SSSR count). The third kappa shape index (κ3) is 5.57. The van der Waals surface area contributed by atoms with Crippen molar-refractivity contribution in [2.45, 2.75) is 33.0 Å². The maximum Gasteiger partial charge on any atom is 0.518 e. The van der Waals surface area contributed by atoms with E-state index in [1.165, 1.54) is 6.92 Å². The summed E-state index contributed by atoms with van der Waals surface area (Å²) in [5, 5.41) is 0. The molecule has 0 aliphatic carbocycles. The Hall–Kier alpha value is -0.0600. The highest BCUT2D eigenvalue weighted by atomic mass is 31.2. The summed E-state index contributed by atoms with van der Waals surface area (Å²) in [6.07, 6.45) is -4.32. The van der Waals surface area contributed by atoms with Crippen molar-refractivity contribution in [2.75, 3.05) is 0 Å². The monoisotopic (exact) mass is 206 g/mol. The Kier molecular flexibility index (Phi) is 4.82. The molecule has 0 aromatic rings. The molecule has 3 nitrogen and oxygen atoms in total. The molecule has 0 aromatic heterocycles. The molecule has 0 amide bonds. The van der Waals surface area contributed by atoms with Crippen LogP contribution >= 0.6 is 7.91 Å². The second-order valence-electron chi connectivity index (χ2n) is 2.00. The first-order chi connectivity index (χ1) is 5.37. The molecular weight excluding hydrogens is 196 g/mol. The molecule has 0 N–H and O–H groups in total. The van der Waals surface area contributed by atoms with Gasteiger partial charge in [0.25, 0.3) is 0 Å². The molecule has 0 saturated carbocycles. The normalized spacial score (nSPS) is 21.4. The molecule has 3 atom stereocenters. The van der Waals surface area contributed by atoms with Crippen LogP contribution in [0, 0.1) is 0 Å². The zero-order chi connectivity index (χ0) is 9.78. The van der Waals surface area contributed by atoms with E-state index >= 15 is 0 Å². The first-order valence-corrected chi connectivity index (χ1v) is 4.75. The van der Waals surface area contributed by atoms with Gasteiger partial charge >= 0.3 is 7.91 Å². The first-order valence-electron chi connectivity index (χ1n) is 3.32. The van der Waals surface area contributed by atoms with E-state index < -0.39 is 20.6 Å². The molecule has 0 saturated heterocycles.